The average Bonchev–Trinajstić information content (AvgIpc) is 3.38. The molecule has 6 rings (SSSR count). The van der Waals surface area contributed by atoms with Crippen LogP contribution in [0.2, 0.25) is 0 Å². The van der Waals surface area contributed by atoms with Crippen molar-refractivity contribution < 1.29 is 179 Å². The van der Waals surface area contributed by atoms with Gasteiger partial charge in [-0.25, -0.2) is 0 Å². The van der Waals surface area contributed by atoms with Crippen LogP contribution in [0.5, 0.6) is 69.0 Å². The Kier molecular flexibility index (Phi) is 54.4. The Labute approximate surface area is 608 Å². The molecule has 0 aliphatic heterocycles. The first-order valence-electron chi connectivity index (χ1n) is 19.7. The van der Waals surface area contributed by atoms with E-state index in [0.29, 0.717) is 128 Å². The molecule has 444 valence electrons. The Bertz CT molecular complexity index is 2040. The molecule has 0 spiro atoms. The standard InChI is InChI=1S/6C8H10O2S2.6Pd/c6*1-9-5-3-7(11)8(12)4-6(5)10-2;;;;;;/h6*3-4,11-12H,1-2H3;;;;;;/q;;;;;;6*+2/p-12. The van der Waals surface area contributed by atoms with E-state index in [1.165, 1.54) is 0 Å². The summed E-state index contributed by atoms with van der Waals surface area (Å²) in [5.74, 6) is 7.46. The summed E-state index contributed by atoms with van der Waals surface area (Å²) in [5, 5.41) is 0. The third-order valence-electron chi connectivity index (χ3n) is 8.70. The zero-order valence-corrected chi connectivity index (χ0v) is 61.7. The number of rotatable bonds is 12. The first-order chi connectivity index (χ1) is 34.1. The fourth-order valence-corrected chi connectivity index (χ4v) is 7.04. The van der Waals surface area contributed by atoms with E-state index >= 15 is 0 Å². The molecule has 0 radical (unpaired) electrons. The smallest absolute Gasteiger partial charge is 0.781 e. The predicted molar refractivity (Wildman–Crippen MR) is 305 cm³/mol. The summed E-state index contributed by atoms with van der Waals surface area (Å²) in [6.07, 6.45) is 0. The fourth-order valence-electron chi connectivity index (χ4n) is 5.05. The Morgan fingerprint density at radius 1 is 0.154 bits per heavy atom. The van der Waals surface area contributed by atoms with Crippen LogP contribution >= 0.6 is 0 Å². The van der Waals surface area contributed by atoms with Crippen LogP contribution < -0.4 is 56.8 Å². The molecule has 0 saturated heterocycles. The maximum absolute atomic E-state index is 5.03. The van der Waals surface area contributed by atoms with E-state index in [9.17, 15) is 0 Å². The van der Waals surface area contributed by atoms with Crippen molar-refractivity contribution in [2.24, 2.45) is 0 Å². The van der Waals surface area contributed by atoms with Gasteiger partial charge in [0.15, 0.2) is 69.0 Å². The van der Waals surface area contributed by atoms with Crippen molar-refractivity contribution in [1.29, 1.82) is 0 Å². The zero-order chi connectivity index (χ0) is 54.8. The van der Waals surface area contributed by atoms with Gasteiger partial charge < -0.3 is 208 Å². The van der Waals surface area contributed by atoms with Crippen molar-refractivity contribution in [3.8, 4) is 69.0 Å². The number of benzene rings is 6. The summed E-state index contributed by atoms with van der Waals surface area (Å²) < 4.78 is 60.4. The summed E-state index contributed by atoms with van der Waals surface area (Å²) in [4.78, 5) is 7.36. The summed E-state index contributed by atoms with van der Waals surface area (Å²) in [7, 11) is 18.8. The van der Waals surface area contributed by atoms with E-state index in [2.05, 4.69) is 0 Å². The molecule has 0 heterocycles. The monoisotopic (exact) mass is 1840 g/mol. The van der Waals surface area contributed by atoms with Crippen LogP contribution in [0, 0.1) is 0 Å². The summed E-state index contributed by atoms with van der Waals surface area (Å²) in [6, 6.07) is 20.3. The van der Waals surface area contributed by atoms with E-state index in [1.807, 2.05) is 0 Å². The molecule has 78 heavy (non-hydrogen) atoms. The molecule has 30 heteroatoms. The molecule has 0 atom stereocenters. The maximum atomic E-state index is 5.03. The van der Waals surface area contributed by atoms with Gasteiger partial charge in [0.25, 0.3) is 0 Å². The second-order valence-electron chi connectivity index (χ2n) is 12.9. The number of ether oxygens (including phenoxy) is 12. The summed E-state index contributed by atoms with van der Waals surface area (Å²) in [6.45, 7) is 0. The van der Waals surface area contributed by atoms with Crippen LogP contribution in [0.3, 0.4) is 0 Å². The Morgan fingerprint density at radius 3 is 0.244 bits per heavy atom. The van der Waals surface area contributed by atoms with Crippen LogP contribution in [0.4, 0.5) is 0 Å². The zero-order valence-electron chi connectivity index (χ0n) is 42.6. The SMILES string of the molecule is COc1cc([S-])c([S-])cc1OC.COc1cc([S-])c([S-])cc1OC.COc1cc([S-])c([S-])cc1OC.COc1cc([S-])c([S-])cc1OC.COc1cc([S-])c([S-])cc1OC.COc1cc([S-])c([S-])cc1OC.[Pd+2].[Pd+2].[Pd+2].[Pd+2].[Pd+2].[Pd+2]. The second kappa shape index (κ2) is 47.8. The topological polar surface area (TPSA) is 111 Å². The number of hydrogen-bond acceptors (Lipinski definition) is 24. The normalized spacial score (nSPS) is 8.77. The molecule has 0 saturated carbocycles. The second-order valence-corrected chi connectivity index (χ2v) is 18.2. The molecule has 0 bridgehead atoms. The molecule has 0 aliphatic carbocycles. The minimum Gasteiger partial charge on any atom is -0.781 e. The van der Waals surface area contributed by atoms with Gasteiger partial charge in [-0.05, 0) is 72.8 Å². The molecule has 0 unspecified atom stereocenters. The van der Waals surface area contributed by atoms with Crippen LogP contribution in [0.1, 0.15) is 0 Å². The van der Waals surface area contributed by atoms with Gasteiger partial charge in [0.2, 0.25) is 0 Å². The third-order valence-corrected chi connectivity index (χ3v) is 13.5. The van der Waals surface area contributed by atoms with Crippen LogP contribution in [-0.4, -0.2) is 85.3 Å². The van der Waals surface area contributed by atoms with Gasteiger partial charge in [-0.15, -0.1) is 0 Å². The molecular weight excluding hydrogens is 1790 g/mol. The van der Waals surface area contributed by atoms with Crippen LogP contribution in [0.15, 0.2) is 132 Å². The van der Waals surface area contributed by atoms with Crippen LogP contribution in [0.25, 0.3) is 0 Å². The molecule has 0 fully saturated rings. The van der Waals surface area contributed by atoms with Gasteiger partial charge in [0.05, 0.1) is 85.3 Å². The van der Waals surface area contributed by atoms with Crippen molar-refractivity contribution in [2.45, 2.75) is 58.7 Å². The van der Waals surface area contributed by atoms with Crippen molar-refractivity contribution in [2.75, 3.05) is 85.3 Å². The van der Waals surface area contributed by atoms with E-state index in [0.717, 1.165) is 0 Å². The van der Waals surface area contributed by atoms with Crippen molar-refractivity contribution in [3.63, 3.8) is 0 Å². The minimum atomic E-state index is 0. The molecule has 0 N–H and O–H groups in total. The molecule has 0 amide bonds. The van der Waals surface area contributed by atoms with Crippen molar-refractivity contribution >= 4 is 152 Å². The average molecular weight is 1840 g/mol. The third kappa shape index (κ3) is 29.4. The fraction of sp³-hybridized carbons (Fsp3) is 0.250. The van der Waals surface area contributed by atoms with Gasteiger partial charge in [-0.2, -0.15) is 58.7 Å². The molecule has 0 aromatic heterocycles. The Balaban J connectivity index is -0.000000196. The summed E-state index contributed by atoms with van der Waals surface area (Å²) >= 11 is 59.7. The van der Waals surface area contributed by atoms with E-state index in [4.69, 9.17) is 208 Å². The largest absolute Gasteiger partial charge is 2.00 e. The van der Waals surface area contributed by atoms with Gasteiger partial charge in [0, 0.05) is 0 Å². The quantitative estimate of drug-likeness (QED) is 0.0858. The van der Waals surface area contributed by atoms with E-state index < -0.39 is 0 Å². The first-order valence-corrected chi connectivity index (χ1v) is 24.6. The molecule has 6 aromatic rings. The Hall–Kier alpha value is -0.466. The molecular formula is C48H48O12Pd6S12. The number of hydrogen-bond donors (Lipinski definition) is 0. The minimum absolute atomic E-state index is 0. The van der Waals surface area contributed by atoms with E-state index in [1.54, 1.807) is 158 Å². The van der Waals surface area contributed by atoms with Gasteiger partial charge in [-0.1, -0.05) is 0 Å². The van der Waals surface area contributed by atoms with Crippen molar-refractivity contribution in [1.82, 2.24) is 0 Å². The predicted octanol–water partition coefficient (Wildman–Crippen LogP) is 9.08. The summed E-state index contributed by atoms with van der Waals surface area (Å²) in [5.41, 5.74) is 0. The van der Waals surface area contributed by atoms with Crippen LogP contribution in [-0.2, 0) is 274 Å². The maximum Gasteiger partial charge on any atom is 2.00 e. The van der Waals surface area contributed by atoms with E-state index in [-0.39, 0.29) is 123 Å². The number of methoxy groups -OCH3 is 12. The first kappa shape index (κ1) is 88.8. The van der Waals surface area contributed by atoms with Gasteiger partial charge in [0.1, 0.15) is 0 Å². The van der Waals surface area contributed by atoms with Crippen molar-refractivity contribution in [3.05, 3.63) is 72.8 Å². The molecule has 6 aromatic carbocycles. The van der Waals surface area contributed by atoms with Gasteiger partial charge in [-0.3, -0.25) is 0 Å². The van der Waals surface area contributed by atoms with Gasteiger partial charge >= 0.3 is 123 Å². The molecule has 12 nitrogen and oxygen atoms in total. The Morgan fingerprint density at radius 2 is 0.205 bits per heavy atom. The molecule has 0 aliphatic rings.